The number of hydrogen-bond acceptors (Lipinski definition) is 2. The summed E-state index contributed by atoms with van der Waals surface area (Å²) < 4.78 is 5.22. The molecule has 12 heavy (non-hydrogen) atoms. The molecule has 3 heteroatoms. The van der Waals surface area contributed by atoms with E-state index in [4.69, 9.17) is 9.84 Å². The number of ether oxygens (including phenoxy) is 1. The minimum atomic E-state index is -0.706. The topological polar surface area (TPSA) is 46.5 Å². The van der Waals surface area contributed by atoms with E-state index >= 15 is 0 Å². The van der Waals surface area contributed by atoms with E-state index in [1.165, 1.54) is 0 Å². The van der Waals surface area contributed by atoms with Crippen LogP contribution in [-0.2, 0) is 9.53 Å². The van der Waals surface area contributed by atoms with Gasteiger partial charge in [-0.1, -0.05) is 13.8 Å². The molecular weight excluding hydrogens is 156 g/mol. The number of carboxylic acids is 1. The van der Waals surface area contributed by atoms with E-state index in [1.807, 2.05) is 0 Å². The minimum absolute atomic E-state index is 0.0349. The standard InChI is InChI=1S/C9H16O3/c1-9(2)6(5-8(10)11)4-7(9)12-3/h6-7H,4-5H2,1-3H3,(H,10,11). The van der Waals surface area contributed by atoms with Crippen molar-refractivity contribution in [2.24, 2.45) is 11.3 Å². The third-order valence-corrected chi connectivity index (χ3v) is 3.09. The summed E-state index contributed by atoms with van der Waals surface area (Å²) in [7, 11) is 1.68. The van der Waals surface area contributed by atoms with Gasteiger partial charge in [0.2, 0.25) is 0 Å². The third kappa shape index (κ3) is 1.46. The van der Waals surface area contributed by atoms with Gasteiger partial charge in [-0.2, -0.15) is 0 Å². The SMILES string of the molecule is COC1CC(CC(=O)O)C1(C)C. The molecule has 3 nitrogen and oxygen atoms in total. The molecule has 0 aromatic rings. The van der Waals surface area contributed by atoms with Gasteiger partial charge < -0.3 is 9.84 Å². The molecule has 1 saturated carbocycles. The highest BCUT2D eigenvalue weighted by Crippen LogP contribution is 2.49. The fourth-order valence-electron chi connectivity index (χ4n) is 1.93. The van der Waals surface area contributed by atoms with Crippen LogP contribution in [0.4, 0.5) is 0 Å². The van der Waals surface area contributed by atoms with Crippen LogP contribution in [0.25, 0.3) is 0 Å². The molecule has 0 aromatic carbocycles. The lowest BCUT2D eigenvalue weighted by atomic mass is 9.59. The lowest BCUT2D eigenvalue weighted by molar-refractivity contribution is -0.153. The zero-order valence-electron chi connectivity index (χ0n) is 7.83. The Morgan fingerprint density at radius 2 is 2.25 bits per heavy atom. The van der Waals surface area contributed by atoms with Crippen LogP contribution < -0.4 is 0 Å². The highest BCUT2D eigenvalue weighted by molar-refractivity contribution is 5.67. The van der Waals surface area contributed by atoms with Gasteiger partial charge in [0.1, 0.15) is 0 Å². The Kier molecular flexibility index (Phi) is 2.42. The van der Waals surface area contributed by atoms with Crippen LogP contribution in [0.3, 0.4) is 0 Å². The maximum atomic E-state index is 10.4. The van der Waals surface area contributed by atoms with Crippen LogP contribution in [-0.4, -0.2) is 24.3 Å². The Balaban J connectivity index is 2.47. The Labute approximate surface area is 72.7 Å². The van der Waals surface area contributed by atoms with Gasteiger partial charge in [-0.05, 0) is 17.8 Å². The van der Waals surface area contributed by atoms with Crippen molar-refractivity contribution in [1.82, 2.24) is 0 Å². The predicted octanol–water partition coefficient (Wildman–Crippen LogP) is 1.52. The van der Waals surface area contributed by atoms with E-state index in [9.17, 15) is 4.79 Å². The van der Waals surface area contributed by atoms with Crippen molar-refractivity contribution in [3.63, 3.8) is 0 Å². The first-order chi connectivity index (χ1) is 5.48. The molecule has 1 aliphatic carbocycles. The van der Waals surface area contributed by atoms with Gasteiger partial charge in [-0.3, -0.25) is 4.79 Å². The Morgan fingerprint density at radius 3 is 2.58 bits per heavy atom. The van der Waals surface area contributed by atoms with Crippen molar-refractivity contribution in [3.8, 4) is 0 Å². The van der Waals surface area contributed by atoms with Gasteiger partial charge in [0.15, 0.2) is 0 Å². The summed E-state index contributed by atoms with van der Waals surface area (Å²) in [5.41, 5.74) is 0.0349. The molecule has 0 aromatic heterocycles. The minimum Gasteiger partial charge on any atom is -0.481 e. The smallest absolute Gasteiger partial charge is 0.303 e. The molecule has 0 spiro atoms. The van der Waals surface area contributed by atoms with Crippen LogP contribution in [0.2, 0.25) is 0 Å². The number of hydrogen-bond donors (Lipinski definition) is 1. The molecule has 0 saturated heterocycles. The van der Waals surface area contributed by atoms with Gasteiger partial charge in [0.25, 0.3) is 0 Å². The van der Waals surface area contributed by atoms with Crippen LogP contribution >= 0.6 is 0 Å². The number of methoxy groups -OCH3 is 1. The van der Waals surface area contributed by atoms with Crippen molar-refractivity contribution in [2.75, 3.05) is 7.11 Å². The van der Waals surface area contributed by atoms with Crippen LogP contribution in [0, 0.1) is 11.3 Å². The molecule has 0 amide bonds. The van der Waals surface area contributed by atoms with Gasteiger partial charge in [0.05, 0.1) is 6.10 Å². The molecule has 1 rings (SSSR count). The summed E-state index contributed by atoms with van der Waals surface area (Å²) in [5.74, 6) is -0.428. The first kappa shape index (κ1) is 9.52. The number of rotatable bonds is 3. The summed E-state index contributed by atoms with van der Waals surface area (Å²) >= 11 is 0. The fourth-order valence-corrected chi connectivity index (χ4v) is 1.93. The van der Waals surface area contributed by atoms with E-state index in [1.54, 1.807) is 7.11 Å². The second-order valence-corrected chi connectivity index (χ2v) is 4.08. The zero-order valence-corrected chi connectivity index (χ0v) is 7.83. The summed E-state index contributed by atoms with van der Waals surface area (Å²) in [6, 6.07) is 0. The Hall–Kier alpha value is -0.570. The van der Waals surface area contributed by atoms with Crippen molar-refractivity contribution < 1.29 is 14.6 Å². The molecule has 0 radical (unpaired) electrons. The lowest BCUT2D eigenvalue weighted by Crippen LogP contribution is -2.50. The van der Waals surface area contributed by atoms with Crippen LogP contribution in [0.1, 0.15) is 26.7 Å². The van der Waals surface area contributed by atoms with Gasteiger partial charge >= 0.3 is 5.97 Å². The van der Waals surface area contributed by atoms with Crippen LogP contribution in [0.15, 0.2) is 0 Å². The fraction of sp³-hybridized carbons (Fsp3) is 0.889. The predicted molar refractivity (Wildman–Crippen MR) is 44.9 cm³/mol. The molecule has 1 aliphatic rings. The average molecular weight is 172 g/mol. The monoisotopic (exact) mass is 172 g/mol. The summed E-state index contributed by atoms with van der Waals surface area (Å²) in [5, 5.41) is 8.60. The van der Waals surface area contributed by atoms with E-state index < -0.39 is 5.97 Å². The van der Waals surface area contributed by atoms with Crippen LogP contribution in [0.5, 0.6) is 0 Å². The molecule has 70 valence electrons. The Morgan fingerprint density at radius 1 is 1.67 bits per heavy atom. The van der Waals surface area contributed by atoms with E-state index in [0.717, 1.165) is 6.42 Å². The summed E-state index contributed by atoms with van der Waals surface area (Å²) in [4.78, 5) is 10.4. The highest BCUT2D eigenvalue weighted by atomic mass is 16.5. The van der Waals surface area contributed by atoms with Crippen molar-refractivity contribution >= 4 is 5.97 Å². The first-order valence-electron chi connectivity index (χ1n) is 4.23. The lowest BCUT2D eigenvalue weighted by Gasteiger charge is -2.50. The normalized spacial score (nSPS) is 32.6. The molecule has 0 aliphatic heterocycles. The van der Waals surface area contributed by atoms with Crippen molar-refractivity contribution in [1.29, 1.82) is 0 Å². The van der Waals surface area contributed by atoms with E-state index in [-0.39, 0.29) is 23.9 Å². The molecule has 1 N–H and O–H groups in total. The van der Waals surface area contributed by atoms with Crippen molar-refractivity contribution in [2.45, 2.75) is 32.8 Å². The second kappa shape index (κ2) is 3.05. The average Bonchev–Trinajstić information content (AvgIpc) is 1.96. The molecule has 0 bridgehead atoms. The van der Waals surface area contributed by atoms with E-state index in [0.29, 0.717) is 0 Å². The quantitative estimate of drug-likeness (QED) is 0.702. The van der Waals surface area contributed by atoms with Gasteiger partial charge in [-0.25, -0.2) is 0 Å². The number of aliphatic carboxylic acids is 1. The second-order valence-electron chi connectivity index (χ2n) is 4.08. The highest BCUT2D eigenvalue weighted by Gasteiger charge is 2.48. The molecular formula is C9H16O3. The maximum absolute atomic E-state index is 10.4. The summed E-state index contributed by atoms with van der Waals surface area (Å²) in [6.07, 6.45) is 1.39. The maximum Gasteiger partial charge on any atom is 0.303 e. The molecule has 1 fully saturated rings. The molecule has 2 unspecified atom stereocenters. The van der Waals surface area contributed by atoms with Crippen molar-refractivity contribution in [3.05, 3.63) is 0 Å². The first-order valence-corrected chi connectivity index (χ1v) is 4.23. The number of carbonyl (C=O) groups is 1. The van der Waals surface area contributed by atoms with E-state index in [2.05, 4.69) is 13.8 Å². The summed E-state index contributed by atoms with van der Waals surface area (Å²) in [6.45, 7) is 4.14. The zero-order chi connectivity index (χ0) is 9.35. The molecule has 2 atom stereocenters. The van der Waals surface area contributed by atoms with Gasteiger partial charge in [-0.15, -0.1) is 0 Å². The number of carboxylic acid groups (broad SMARTS) is 1. The molecule has 0 heterocycles. The largest absolute Gasteiger partial charge is 0.481 e. The third-order valence-electron chi connectivity index (χ3n) is 3.09. The Bertz CT molecular complexity index is 186. The van der Waals surface area contributed by atoms with Gasteiger partial charge in [0, 0.05) is 13.5 Å².